The zero-order chi connectivity index (χ0) is 28.0. The molecule has 1 aliphatic heterocycles. The van der Waals surface area contributed by atoms with Crippen molar-refractivity contribution in [3.8, 4) is 0 Å². The second-order valence-electron chi connectivity index (χ2n) is 10.2. The van der Waals surface area contributed by atoms with Crippen molar-refractivity contribution in [3.05, 3.63) is 64.0 Å². The SMILES string of the molecule is Cc1ccc(NC(=O)c2ccc(N3CCCC3)c(C(F)(F)F)c2)cc1NC(=O)c1csc2c(NC3CC3)n[nH]c12. The van der Waals surface area contributed by atoms with Gasteiger partial charge in [-0.3, -0.25) is 14.7 Å². The van der Waals surface area contributed by atoms with E-state index in [4.69, 9.17) is 0 Å². The molecule has 1 saturated heterocycles. The third-order valence-electron chi connectivity index (χ3n) is 7.20. The van der Waals surface area contributed by atoms with Gasteiger partial charge in [0.1, 0.15) is 0 Å². The van der Waals surface area contributed by atoms with E-state index in [1.807, 2.05) is 6.92 Å². The van der Waals surface area contributed by atoms with E-state index in [0.717, 1.165) is 47.8 Å². The minimum absolute atomic E-state index is 0.0946. The molecule has 0 atom stereocenters. The summed E-state index contributed by atoms with van der Waals surface area (Å²) < 4.78 is 42.4. The molecule has 2 fully saturated rings. The second-order valence-corrected chi connectivity index (χ2v) is 11.1. The normalized spacial score (nSPS) is 15.4. The molecule has 2 aliphatic rings. The molecule has 208 valence electrons. The summed E-state index contributed by atoms with van der Waals surface area (Å²) in [5.74, 6) is -0.274. The van der Waals surface area contributed by atoms with Crippen molar-refractivity contribution < 1.29 is 22.8 Å². The Bertz CT molecular complexity index is 1600. The van der Waals surface area contributed by atoms with Crippen LogP contribution in [0.3, 0.4) is 0 Å². The number of nitrogens with one attached hydrogen (secondary N) is 4. The minimum atomic E-state index is -4.59. The van der Waals surface area contributed by atoms with Crippen molar-refractivity contribution in [3.63, 3.8) is 0 Å². The van der Waals surface area contributed by atoms with Crippen molar-refractivity contribution in [2.24, 2.45) is 0 Å². The number of benzene rings is 2. The molecule has 1 aliphatic carbocycles. The maximum absolute atomic E-state index is 13.9. The van der Waals surface area contributed by atoms with E-state index in [9.17, 15) is 22.8 Å². The van der Waals surface area contributed by atoms with Crippen LogP contribution in [0.15, 0.2) is 41.8 Å². The Labute approximate surface area is 231 Å². The highest BCUT2D eigenvalue weighted by Gasteiger charge is 2.36. The lowest BCUT2D eigenvalue weighted by Gasteiger charge is -2.23. The number of anilines is 4. The van der Waals surface area contributed by atoms with Crippen molar-refractivity contribution in [2.45, 2.75) is 44.8 Å². The fourth-order valence-corrected chi connectivity index (χ4v) is 5.81. The zero-order valence-corrected chi connectivity index (χ0v) is 22.4. The lowest BCUT2D eigenvalue weighted by Crippen LogP contribution is -2.23. The summed E-state index contributed by atoms with van der Waals surface area (Å²) in [5.41, 5.74) is 1.83. The van der Waals surface area contributed by atoms with Gasteiger partial charge in [-0.15, -0.1) is 11.3 Å². The van der Waals surface area contributed by atoms with Gasteiger partial charge in [0.15, 0.2) is 5.82 Å². The Balaban J connectivity index is 1.19. The molecule has 3 heterocycles. The van der Waals surface area contributed by atoms with E-state index in [1.54, 1.807) is 28.5 Å². The maximum Gasteiger partial charge on any atom is 0.418 e. The molecule has 1 saturated carbocycles. The number of nitrogens with zero attached hydrogens (tertiary/aromatic N) is 2. The topological polar surface area (TPSA) is 102 Å². The van der Waals surface area contributed by atoms with Crippen LogP contribution >= 0.6 is 11.3 Å². The number of amides is 2. The quantitative estimate of drug-likeness (QED) is 0.200. The summed E-state index contributed by atoms with van der Waals surface area (Å²) in [6.45, 7) is 2.93. The largest absolute Gasteiger partial charge is 0.418 e. The number of carbonyl (C=O) groups excluding carboxylic acids is 2. The van der Waals surface area contributed by atoms with Crippen LogP contribution in [-0.2, 0) is 6.18 Å². The minimum Gasteiger partial charge on any atom is -0.371 e. The number of H-pyrrole nitrogens is 1. The summed E-state index contributed by atoms with van der Waals surface area (Å²) in [5, 5.41) is 17.9. The highest BCUT2D eigenvalue weighted by atomic mass is 32.1. The first-order valence-corrected chi connectivity index (χ1v) is 14.0. The maximum atomic E-state index is 13.9. The first-order chi connectivity index (χ1) is 19.2. The highest BCUT2D eigenvalue weighted by molar-refractivity contribution is 7.18. The summed E-state index contributed by atoms with van der Waals surface area (Å²) in [6, 6.07) is 9.05. The molecule has 2 aromatic carbocycles. The molecule has 0 bridgehead atoms. The molecular weight excluding hydrogens is 541 g/mol. The first-order valence-electron chi connectivity index (χ1n) is 13.1. The van der Waals surface area contributed by atoms with Gasteiger partial charge in [-0.05, 0) is 68.5 Å². The number of fused-ring (bicyclic) bond motifs is 1. The van der Waals surface area contributed by atoms with Crippen LogP contribution in [0.5, 0.6) is 0 Å². The number of aromatic amines is 1. The number of hydrogen-bond donors (Lipinski definition) is 4. The van der Waals surface area contributed by atoms with Crippen molar-refractivity contribution in [1.29, 1.82) is 0 Å². The fraction of sp³-hybridized carbons (Fsp3) is 0.321. The Kier molecular flexibility index (Phi) is 6.65. The molecule has 4 N–H and O–H groups in total. The molecule has 12 heteroatoms. The van der Waals surface area contributed by atoms with Gasteiger partial charge in [-0.25, -0.2) is 0 Å². The fourth-order valence-electron chi connectivity index (χ4n) is 4.86. The molecule has 0 radical (unpaired) electrons. The molecular formula is C28H27F3N6O2S. The predicted molar refractivity (Wildman–Crippen MR) is 151 cm³/mol. The summed E-state index contributed by atoms with van der Waals surface area (Å²) in [4.78, 5) is 27.8. The van der Waals surface area contributed by atoms with Gasteiger partial charge in [-0.1, -0.05) is 6.07 Å². The summed E-state index contributed by atoms with van der Waals surface area (Å²) in [6.07, 6.45) is -0.710. The van der Waals surface area contributed by atoms with Crippen LogP contribution in [-0.4, -0.2) is 41.1 Å². The molecule has 2 aromatic heterocycles. The molecule has 0 spiro atoms. The molecule has 4 aromatic rings. The van der Waals surface area contributed by atoms with Gasteiger partial charge in [0, 0.05) is 47.1 Å². The summed E-state index contributed by atoms with van der Waals surface area (Å²) >= 11 is 1.42. The molecule has 6 rings (SSSR count). The third kappa shape index (κ3) is 5.23. The van der Waals surface area contributed by atoms with Crippen molar-refractivity contribution in [2.75, 3.05) is 33.9 Å². The average Bonchev–Trinajstić information content (AvgIpc) is 3.28. The molecule has 40 heavy (non-hydrogen) atoms. The van der Waals surface area contributed by atoms with Crippen LogP contribution in [0.1, 0.15) is 57.5 Å². The first kappa shape index (κ1) is 26.2. The van der Waals surface area contributed by atoms with Crippen LogP contribution in [0.4, 0.5) is 36.1 Å². The monoisotopic (exact) mass is 568 g/mol. The van der Waals surface area contributed by atoms with Gasteiger partial charge in [0.05, 0.1) is 21.3 Å². The number of thiophene rings is 1. The van der Waals surface area contributed by atoms with Crippen LogP contribution < -0.4 is 20.9 Å². The van der Waals surface area contributed by atoms with E-state index < -0.39 is 17.6 Å². The Hall–Kier alpha value is -4.06. The molecule has 2 amide bonds. The van der Waals surface area contributed by atoms with E-state index >= 15 is 0 Å². The zero-order valence-electron chi connectivity index (χ0n) is 21.6. The predicted octanol–water partition coefficient (Wildman–Crippen LogP) is 6.63. The van der Waals surface area contributed by atoms with E-state index in [0.29, 0.717) is 41.6 Å². The smallest absolute Gasteiger partial charge is 0.371 e. The number of carbonyl (C=O) groups is 2. The van der Waals surface area contributed by atoms with Gasteiger partial charge in [0.25, 0.3) is 11.8 Å². The number of halogens is 3. The number of aromatic nitrogens is 2. The Morgan fingerprint density at radius 3 is 2.55 bits per heavy atom. The average molecular weight is 569 g/mol. The van der Waals surface area contributed by atoms with Crippen LogP contribution in [0, 0.1) is 6.92 Å². The number of alkyl halides is 3. The molecule has 8 nitrogen and oxygen atoms in total. The Morgan fingerprint density at radius 1 is 1.05 bits per heavy atom. The lowest BCUT2D eigenvalue weighted by molar-refractivity contribution is -0.137. The van der Waals surface area contributed by atoms with Crippen LogP contribution in [0.25, 0.3) is 10.2 Å². The second kappa shape index (κ2) is 10.2. The van der Waals surface area contributed by atoms with Gasteiger partial charge in [0.2, 0.25) is 0 Å². The van der Waals surface area contributed by atoms with E-state index in [-0.39, 0.29) is 17.2 Å². The van der Waals surface area contributed by atoms with Gasteiger partial charge < -0.3 is 20.9 Å². The number of rotatable bonds is 7. The van der Waals surface area contributed by atoms with Gasteiger partial charge in [-0.2, -0.15) is 18.3 Å². The number of hydrogen-bond acceptors (Lipinski definition) is 6. The molecule has 0 unspecified atom stereocenters. The lowest BCUT2D eigenvalue weighted by atomic mass is 10.1. The van der Waals surface area contributed by atoms with Crippen molar-refractivity contribution in [1.82, 2.24) is 10.2 Å². The van der Waals surface area contributed by atoms with E-state index in [1.165, 1.54) is 23.5 Å². The van der Waals surface area contributed by atoms with E-state index in [2.05, 4.69) is 26.1 Å². The Morgan fingerprint density at radius 2 is 1.82 bits per heavy atom. The standard InChI is InChI=1S/C28H27F3N6O2S/c1-15-4-6-18(33-26(38)16-5-9-22(37-10-2-3-11-37)20(12-16)28(29,30)31)13-21(15)34-27(39)19-14-40-24-23(19)35-36-25(24)32-17-7-8-17/h4-6,9,12-14,17H,2-3,7-8,10-11H2,1H3,(H,33,38)(H,34,39)(H2,32,35,36). The highest BCUT2D eigenvalue weighted by Crippen LogP contribution is 2.39. The van der Waals surface area contributed by atoms with Crippen LogP contribution in [0.2, 0.25) is 0 Å². The van der Waals surface area contributed by atoms with Gasteiger partial charge >= 0.3 is 6.18 Å². The third-order valence-corrected chi connectivity index (χ3v) is 8.19. The number of aryl methyl sites for hydroxylation is 1. The van der Waals surface area contributed by atoms with Crippen molar-refractivity contribution >= 4 is 56.2 Å². The summed E-state index contributed by atoms with van der Waals surface area (Å²) in [7, 11) is 0.